The monoisotopic (exact) mass is 292 g/mol. The molecule has 0 atom stereocenters. The lowest BCUT2D eigenvalue weighted by Crippen LogP contribution is -2.28. The summed E-state index contributed by atoms with van der Waals surface area (Å²) >= 11 is 0. The van der Waals surface area contributed by atoms with Crippen molar-refractivity contribution in [2.75, 3.05) is 32.1 Å². The zero-order valence-electron chi connectivity index (χ0n) is 13.0. The molecule has 0 aromatic carbocycles. The fourth-order valence-electron chi connectivity index (χ4n) is 2.32. The molecule has 0 spiro atoms. The van der Waals surface area contributed by atoms with Crippen LogP contribution in [0.4, 0.5) is 5.82 Å². The summed E-state index contributed by atoms with van der Waals surface area (Å²) in [5.74, 6) is 1.54. The first kappa shape index (κ1) is 15.7. The van der Waals surface area contributed by atoms with Crippen molar-refractivity contribution in [1.29, 1.82) is 0 Å². The normalized spacial score (nSPS) is 11.5. The van der Waals surface area contributed by atoms with Gasteiger partial charge in [-0.1, -0.05) is 13.3 Å². The third-order valence-electron chi connectivity index (χ3n) is 3.48. The molecule has 2 aromatic heterocycles. The Morgan fingerprint density at radius 3 is 2.81 bits per heavy atom. The molecule has 0 amide bonds. The van der Waals surface area contributed by atoms with Crippen molar-refractivity contribution < 1.29 is 5.11 Å². The number of unbranched alkanes of at least 4 members (excludes halogenated alkanes) is 1. The van der Waals surface area contributed by atoms with E-state index in [1.807, 2.05) is 14.1 Å². The van der Waals surface area contributed by atoms with Gasteiger partial charge in [0.05, 0.1) is 24.7 Å². The van der Waals surface area contributed by atoms with E-state index >= 15 is 0 Å². The summed E-state index contributed by atoms with van der Waals surface area (Å²) in [7, 11) is 3.72. The SMILES string of the molecule is CCCCN(CCO)Cc1nc(NC)c2cnn(C)c2n1. The fraction of sp³-hybridized carbons (Fsp3) is 0.643. The predicted molar refractivity (Wildman–Crippen MR) is 83.1 cm³/mol. The van der Waals surface area contributed by atoms with Crippen molar-refractivity contribution in [3.05, 3.63) is 12.0 Å². The average molecular weight is 292 g/mol. The number of fused-ring (bicyclic) bond motifs is 1. The molecule has 116 valence electrons. The maximum absolute atomic E-state index is 9.19. The third-order valence-corrected chi connectivity index (χ3v) is 3.48. The first-order chi connectivity index (χ1) is 10.2. The van der Waals surface area contributed by atoms with E-state index in [0.29, 0.717) is 13.1 Å². The Labute approximate surface area is 125 Å². The van der Waals surface area contributed by atoms with Crippen LogP contribution >= 0.6 is 0 Å². The lowest BCUT2D eigenvalue weighted by atomic mass is 10.3. The molecule has 0 unspecified atom stereocenters. The molecule has 0 aliphatic heterocycles. The second kappa shape index (κ2) is 7.33. The van der Waals surface area contributed by atoms with Gasteiger partial charge in [-0.15, -0.1) is 0 Å². The van der Waals surface area contributed by atoms with Crippen LogP contribution in [0.1, 0.15) is 25.6 Å². The van der Waals surface area contributed by atoms with Crippen LogP contribution in [0.25, 0.3) is 11.0 Å². The van der Waals surface area contributed by atoms with Crippen molar-refractivity contribution in [2.45, 2.75) is 26.3 Å². The average Bonchev–Trinajstić information content (AvgIpc) is 2.86. The summed E-state index contributed by atoms with van der Waals surface area (Å²) in [6.45, 7) is 4.53. The van der Waals surface area contributed by atoms with Gasteiger partial charge in [0.25, 0.3) is 0 Å². The lowest BCUT2D eigenvalue weighted by molar-refractivity contribution is 0.185. The van der Waals surface area contributed by atoms with Crippen molar-refractivity contribution in [3.63, 3.8) is 0 Å². The van der Waals surface area contributed by atoms with Crippen LogP contribution in [0.3, 0.4) is 0 Å². The number of hydrogen-bond acceptors (Lipinski definition) is 6. The highest BCUT2D eigenvalue weighted by Crippen LogP contribution is 2.19. The maximum Gasteiger partial charge on any atom is 0.163 e. The van der Waals surface area contributed by atoms with Gasteiger partial charge in [-0.05, 0) is 13.0 Å². The molecule has 2 aromatic rings. The first-order valence-corrected chi connectivity index (χ1v) is 7.39. The molecule has 0 fully saturated rings. The summed E-state index contributed by atoms with van der Waals surface area (Å²) in [5.41, 5.74) is 0.823. The van der Waals surface area contributed by atoms with Gasteiger partial charge in [0.15, 0.2) is 5.65 Å². The van der Waals surface area contributed by atoms with E-state index in [2.05, 4.69) is 32.2 Å². The molecule has 0 radical (unpaired) electrons. The highest BCUT2D eigenvalue weighted by Gasteiger charge is 2.13. The molecular weight excluding hydrogens is 268 g/mol. The number of hydrogen-bond donors (Lipinski definition) is 2. The number of anilines is 1. The molecule has 7 nitrogen and oxygen atoms in total. The van der Waals surface area contributed by atoms with E-state index in [1.54, 1.807) is 10.9 Å². The second-order valence-electron chi connectivity index (χ2n) is 5.10. The van der Waals surface area contributed by atoms with E-state index in [4.69, 9.17) is 0 Å². The maximum atomic E-state index is 9.19. The zero-order chi connectivity index (χ0) is 15.2. The molecule has 2 N–H and O–H groups in total. The van der Waals surface area contributed by atoms with E-state index in [9.17, 15) is 5.11 Å². The molecule has 2 rings (SSSR count). The van der Waals surface area contributed by atoms with Gasteiger partial charge in [-0.25, -0.2) is 9.97 Å². The van der Waals surface area contributed by atoms with Gasteiger partial charge in [0.1, 0.15) is 11.6 Å². The number of nitrogens with zero attached hydrogens (tertiary/aromatic N) is 5. The van der Waals surface area contributed by atoms with E-state index in [0.717, 1.165) is 42.1 Å². The largest absolute Gasteiger partial charge is 0.395 e. The van der Waals surface area contributed by atoms with Crippen molar-refractivity contribution in [1.82, 2.24) is 24.6 Å². The predicted octanol–water partition coefficient (Wildman–Crippen LogP) is 0.999. The van der Waals surface area contributed by atoms with Crippen molar-refractivity contribution in [2.24, 2.45) is 7.05 Å². The van der Waals surface area contributed by atoms with Gasteiger partial charge < -0.3 is 10.4 Å². The highest BCUT2D eigenvalue weighted by atomic mass is 16.3. The number of nitrogens with one attached hydrogen (secondary N) is 1. The smallest absolute Gasteiger partial charge is 0.163 e. The Hall–Kier alpha value is -1.73. The summed E-state index contributed by atoms with van der Waals surface area (Å²) in [6.07, 6.45) is 4.01. The first-order valence-electron chi connectivity index (χ1n) is 7.39. The number of aromatic nitrogens is 4. The van der Waals surface area contributed by atoms with Crippen molar-refractivity contribution in [3.8, 4) is 0 Å². The van der Waals surface area contributed by atoms with Crippen LogP contribution in [0.5, 0.6) is 0 Å². The summed E-state index contributed by atoms with van der Waals surface area (Å²) in [6, 6.07) is 0. The third kappa shape index (κ3) is 3.68. The van der Waals surface area contributed by atoms with Crippen molar-refractivity contribution >= 4 is 16.9 Å². The minimum Gasteiger partial charge on any atom is -0.395 e. The van der Waals surface area contributed by atoms with Gasteiger partial charge in [-0.2, -0.15) is 5.10 Å². The molecule has 2 heterocycles. The Morgan fingerprint density at radius 1 is 1.33 bits per heavy atom. The van der Waals surface area contributed by atoms with Crippen LogP contribution < -0.4 is 5.32 Å². The lowest BCUT2D eigenvalue weighted by Gasteiger charge is -2.20. The molecule has 0 bridgehead atoms. The Morgan fingerprint density at radius 2 is 2.14 bits per heavy atom. The highest BCUT2D eigenvalue weighted by molar-refractivity contribution is 5.86. The van der Waals surface area contributed by atoms with Crippen LogP contribution in [-0.4, -0.2) is 56.5 Å². The summed E-state index contributed by atoms with van der Waals surface area (Å²) in [5, 5.41) is 17.4. The molecule has 0 aliphatic carbocycles. The van der Waals surface area contributed by atoms with Gasteiger partial charge in [0, 0.05) is 20.6 Å². The summed E-state index contributed by atoms with van der Waals surface area (Å²) in [4.78, 5) is 11.3. The van der Waals surface area contributed by atoms with Crippen LogP contribution in [0, 0.1) is 0 Å². The second-order valence-corrected chi connectivity index (χ2v) is 5.10. The number of aliphatic hydroxyl groups excluding tert-OH is 1. The van der Waals surface area contributed by atoms with Crippen LogP contribution in [-0.2, 0) is 13.6 Å². The van der Waals surface area contributed by atoms with Crippen LogP contribution in [0.15, 0.2) is 6.20 Å². The van der Waals surface area contributed by atoms with Gasteiger partial charge >= 0.3 is 0 Å². The number of aliphatic hydroxyl groups is 1. The molecule has 21 heavy (non-hydrogen) atoms. The fourth-order valence-corrected chi connectivity index (χ4v) is 2.32. The quantitative estimate of drug-likeness (QED) is 0.755. The Balaban J connectivity index is 2.25. The minimum absolute atomic E-state index is 0.149. The number of rotatable bonds is 8. The van der Waals surface area contributed by atoms with E-state index < -0.39 is 0 Å². The molecule has 0 saturated heterocycles. The molecule has 0 saturated carbocycles. The van der Waals surface area contributed by atoms with Crippen LogP contribution in [0.2, 0.25) is 0 Å². The Kier molecular flexibility index (Phi) is 5.46. The Bertz CT molecular complexity index is 582. The van der Waals surface area contributed by atoms with E-state index in [1.165, 1.54) is 0 Å². The van der Waals surface area contributed by atoms with Gasteiger partial charge in [-0.3, -0.25) is 9.58 Å². The summed E-state index contributed by atoms with van der Waals surface area (Å²) < 4.78 is 1.75. The zero-order valence-corrected chi connectivity index (χ0v) is 13.0. The van der Waals surface area contributed by atoms with Gasteiger partial charge in [0.2, 0.25) is 0 Å². The standard InChI is InChI=1S/C14H24N6O/c1-4-5-6-20(7-8-21)10-12-17-13(15-2)11-9-16-19(3)14(11)18-12/h9,21H,4-8,10H2,1-3H3,(H,15,17,18). The molecular formula is C14H24N6O. The molecule has 7 heteroatoms. The number of aryl methyl sites for hydroxylation is 1. The van der Waals surface area contributed by atoms with E-state index in [-0.39, 0.29) is 6.61 Å². The topological polar surface area (TPSA) is 79.1 Å². The minimum atomic E-state index is 0.149. The molecule has 0 aliphatic rings.